The highest BCUT2D eigenvalue weighted by molar-refractivity contribution is 6.05. The van der Waals surface area contributed by atoms with E-state index in [1.165, 1.54) is 6.92 Å². The van der Waals surface area contributed by atoms with Crippen molar-refractivity contribution in [2.75, 3.05) is 42.9 Å². The van der Waals surface area contributed by atoms with Gasteiger partial charge in [0.1, 0.15) is 5.69 Å². The first-order chi connectivity index (χ1) is 19.5. The van der Waals surface area contributed by atoms with Crippen molar-refractivity contribution in [2.24, 2.45) is 7.05 Å². The Labute approximate surface area is 236 Å². The number of hydrogen-bond acceptors (Lipinski definition) is 6. The number of alkyl halides is 3. The zero-order valence-corrected chi connectivity index (χ0v) is 23.7. The quantitative estimate of drug-likeness (QED) is 0.354. The van der Waals surface area contributed by atoms with Crippen LogP contribution in [0.1, 0.15) is 39.7 Å². The summed E-state index contributed by atoms with van der Waals surface area (Å²) in [5.74, 6) is -0.621. The molecule has 5 rings (SSSR count). The van der Waals surface area contributed by atoms with Crippen LogP contribution in [0.2, 0.25) is 0 Å². The number of nitrogens with zero attached hydrogens (tertiary/aromatic N) is 7. The SMILES string of the molecule is CCN1CCN(c2cc(C(=O)Nc3ccc(C)c(-n4cc(-c5cnn(C)c5C)nn4)c3)cc(C(F)(F)F)c2C)CC1. The average Bonchev–Trinajstić information content (AvgIpc) is 3.55. The second-order valence-corrected chi connectivity index (χ2v) is 10.4. The van der Waals surface area contributed by atoms with Crippen LogP contribution in [0.3, 0.4) is 0 Å². The van der Waals surface area contributed by atoms with Crippen LogP contribution in [0.25, 0.3) is 16.9 Å². The summed E-state index contributed by atoms with van der Waals surface area (Å²) in [4.78, 5) is 17.5. The van der Waals surface area contributed by atoms with Crippen molar-refractivity contribution in [3.8, 4) is 16.9 Å². The van der Waals surface area contributed by atoms with Crippen LogP contribution < -0.4 is 10.2 Å². The molecule has 1 saturated heterocycles. The lowest BCUT2D eigenvalue weighted by molar-refractivity contribution is -0.138. The van der Waals surface area contributed by atoms with E-state index in [2.05, 4.69) is 32.6 Å². The van der Waals surface area contributed by atoms with Crippen molar-refractivity contribution in [1.29, 1.82) is 0 Å². The summed E-state index contributed by atoms with van der Waals surface area (Å²) in [6.45, 7) is 11.0. The number of carbonyl (C=O) groups excluding carboxylic acids is 1. The Hall–Kier alpha value is -4.19. The Kier molecular flexibility index (Phi) is 7.60. The van der Waals surface area contributed by atoms with E-state index < -0.39 is 17.6 Å². The molecule has 0 atom stereocenters. The lowest BCUT2D eigenvalue weighted by Crippen LogP contribution is -2.46. The molecular weight excluding hydrogens is 533 g/mol. The fourth-order valence-electron chi connectivity index (χ4n) is 5.15. The normalized spacial score (nSPS) is 14.5. The number of likely N-dealkylation sites (N-methyl/N-ethyl adjacent to an activating group) is 1. The number of hydrogen-bond donors (Lipinski definition) is 1. The number of piperazine rings is 1. The molecule has 41 heavy (non-hydrogen) atoms. The number of amides is 1. The molecule has 9 nitrogen and oxygen atoms in total. The van der Waals surface area contributed by atoms with E-state index in [1.54, 1.807) is 40.0 Å². The Bertz CT molecular complexity index is 1580. The van der Waals surface area contributed by atoms with E-state index in [4.69, 9.17) is 0 Å². The standard InChI is InChI=1S/C29H33F3N8O/c1-6-38-9-11-39(12-10-38)27-14-21(13-24(19(27)3)29(30,31)32)28(41)34-22-8-7-18(2)26(15-22)40-17-25(35-36-40)23-16-33-37(5)20(23)4/h7-8,13-17H,6,9-12H2,1-5H3,(H,34,41). The topological polar surface area (TPSA) is 84.1 Å². The predicted octanol–water partition coefficient (Wildman–Crippen LogP) is 5.01. The van der Waals surface area contributed by atoms with Gasteiger partial charge in [0.25, 0.3) is 5.91 Å². The van der Waals surface area contributed by atoms with Crippen molar-refractivity contribution < 1.29 is 18.0 Å². The van der Waals surface area contributed by atoms with Gasteiger partial charge in [0.05, 0.1) is 23.6 Å². The second-order valence-electron chi connectivity index (χ2n) is 10.4. The third-order valence-electron chi connectivity index (χ3n) is 7.83. The fourth-order valence-corrected chi connectivity index (χ4v) is 5.15. The van der Waals surface area contributed by atoms with Gasteiger partial charge in [-0.05, 0) is 62.7 Å². The molecule has 1 fully saturated rings. The molecule has 0 spiro atoms. The van der Waals surface area contributed by atoms with Gasteiger partial charge in [-0.15, -0.1) is 5.10 Å². The summed E-state index contributed by atoms with van der Waals surface area (Å²) in [6, 6.07) is 7.76. The molecule has 12 heteroatoms. The number of anilines is 2. The van der Waals surface area contributed by atoms with E-state index in [0.717, 1.165) is 42.5 Å². The van der Waals surface area contributed by atoms with E-state index in [0.29, 0.717) is 35.8 Å². The van der Waals surface area contributed by atoms with Crippen molar-refractivity contribution in [3.05, 3.63) is 70.7 Å². The van der Waals surface area contributed by atoms with Crippen LogP contribution in [-0.2, 0) is 13.2 Å². The summed E-state index contributed by atoms with van der Waals surface area (Å²) in [5, 5.41) is 15.6. The highest BCUT2D eigenvalue weighted by Gasteiger charge is 2.35. The van der Waals surface area contributed by atoms with Crippen molar-refractivity contribution in [2.45, 2.75) is 33.9 Å². The minimum Gasteiger partial charge on any atom is -0.369 e. The van der Waals surface area contributed by atoms with Crippen LogP contribution in [0.5, 0.6) is 0 Å². The van der Waals surface area contributed by atoms with Gasteiger partial charge in [-0.2, -0.15) is 18.3 Å². The summed E-state index contributed by atoms with van der Waals surface area (Å²) in [6.07, 6.45) is -1.09. The number of carbonyl (C=O) groups is 1. The van der Waals surface area contributed by atoms with Crippen molar-refractivity contribution >= 4 is 17.3 Å². The van der Waals surface area contributed by atoms with Crippen LogP contribution in [0.4, 0.5) is 24.5 Å². The van der Waals surface area contributed by atoms with Gasteiger partial charge in [0.2, 0.25) is 0 Å². The first-order valence-electron chi connectivity index (χ1n) is 13.5. The molecular formula is C29H33F3N8O. The van der Waals surface area contributed by atoms with Crippen LogP contribution in [0.15, 0.2) is 42.7 Å². The van der Waals surface area contributed by atoms with Gasteiger partial charge in [-0.25, -0.2) is 4.68 Å². The van der Waals surface area contributed by atoms with Crippen molar-refractivity contribution in [3.63, 3.8) is 0 Å². The molecule has 0 aliphatic carbocycles. The molecule has 216 valence electrons. The highest BCUT2D eigenvalue weighted by Crippen LogP contribution is 2.37. The van der Waals surface area contributed by atoms with Crippen LogP contribution >= 0.6 is 0 Å². The molecule has 4 aromatic rings. The van der Waals surface area contributed by atoms with Crippen molar-refractivity contribution in [1.82, 2.24) is 29.7 Å². The predicted molar refractivity (Wildman–Crippen MR) is 151 cm³/mol. The second kappa shape index (κ2) is 11.0. The zero-order chi connectivity index (χ0) is 29.5. The number of rotatable bonds is 6. The smallest absolute Gasteiger partial charge is 0.369 e. The van der Waals surface area contributed by atoms with Gasteiger partial charge < -0.3 is 15.1 Å². The van der Waals surface area contributed by atoms with Crippen LogP contribution in [0, 0.1) is 20.8 Å². The molecule has 1 amide bonds. The third kappa shape index (κ3) is 5.69. The Morgan fingerprint density at radius 2 is 1.76 bits per heavy atom. The van der Waals surface area contributed by atoms with E-state index in [-0.39, 0.29) is 11.1 Å². The first kappa shape index (κ1) is 28.3. The summed E-state index contributed by atoms with van der Waals surface area (Å²) in [7, 11) is 1.85. The highest BCUT2D eigenvalue weighted by atomic mass is 19.4. The fraction of sp³-hybridized carbons (Fsp3) is 0.379. The average molecular weight is 567 g/mol. The molecule has 2 aromatic heterocycles. The maximum Gasteiger partial charge on any atom is 0.416 e. The molecule has 0 radical (unpaired) electrons. The van der Waals surface area contributed by atoms with Crippen LogP contribution in [-0.4, -0.2) is 68.3 Å². The molecule has 1 aliphatic rings. The number of benzene rings is 2. The minimum atomic E-state index is -4.59. The molecule has 1 aliphatic heterocycles. The zero-order valence-electron chi connectivity index (χ0n) is 23.7. The lowest BCUT2D eigenvalue weighted by atomic mass is 10.00. The van der Waals surface area contributed by atoms with E-state index >= 15 is 0 Å². The number of aryl methyl sites for hydroxylation is 2. The van der Waals surface area contributed by atoms with Gasteiger partial charge in [-0.1, -0.05) is 18.2 Å². The summed E-state index contributed by atoms with van der Waals surface area (Å²) >= 11 is 0. The summed E-state index contributed by atoms with van der Waals surface area (Å²) < 4.78 is 45.5. The van der Waals surface area contributed by atoms with E-state index in [1.807, 2.05) is 31.9 Å². The molecule has 0 bridgehead atoms. The monoisotopic (exact) mass is 566 g/mol. The van der Waals surface area contributed by atoms with Gasteiger partial charge in [0.15, 0.2) is 0 Å². The van der Waals surface area contributed by atoms with Gasteiger partial charge >= 0.3 is 6.18 Å². The minimum absolute atomic E-state index is 0.0481. The maximum atomic E-state index is 14.0. The molecule has 2 aromatic carbocycles. The molecule has 0 unspecified atom stereocenters. The lowest BCUT2D eigenvalue weighted by Gasteiger charge is -2.37. The molecule has 0 saturated carbocycles. The largest absolute Gasteiger partial charge is 0.416 e. The number of aromatic nitrogens is 5. The maximum absolute atomic E-state index is 14.0. The Morgan fingerprint density at radius 3 is 2.39 bits per heavy atom. The van der Waals surface area contributed by atoms with Gasteiger partial charge in [-0.3, -0.25) is 9.48 Å². The van der Waals surface area contributed by atoms with E-state index in [9.17, 15) is 18.0 Å². The number of halogens is 3. The number of nitrogens with one attached hydrogen (secondary N) is 1. The third-order valence-corrected chi connectivity index (χ3v) is 7.83. The first-order valence-corrected chi connectivity index (χ1v) is 13.5. The molecule has 1 N–H and O–H groups in total. The molecule has 3 heterocycles. The Morgan fingerprint density at radius 1 is 1.02 bits per heavy atom. The summed E-state index contributed by atoms with van der Waals surface area (Å²) in [5.41, 5.74) is 4.15. The van der Waals surface area contributed by atoms with Gasteiger partial charge in [0, 0.05) is 61.4 Å². The Balaban J connectivity index is 1.43.